The third-order valence-electron chi connectivity index (χ3n) is 3.51. The van der Waals surface area contributed by atoms with Crippen molar-refractivity contribution in [2.24, 2.45) is 11.7 Å². The van der Waals surface area contributed by atoms with Crippen LogP contribution in [0.25, 0.3) is 0 Å². The third-order valence-corrected chi connectivity index (χ3v) is 3.51. The first kappa shape index (κ1) is 11.4. The van der Waals surface area contributed by atoms with Crippen LogP contribution in [-0.4, -0.2) is 12.1 Å². The van der Waals surface area contributed by atoms with Crippen molar-refractivity contribution in [3.8, 4) is 5.88 Å². The van der Waals surface area contributed by atoms with Crippen molar-refractivity contribution in [2.45, 2.75) is 38.1 Å². The van der Waals surface area contributed by atoms with Crippen molar-refractivity contribution in [2.75, 3.05) is 7.11 Å². The average molecular weight is 220 g/mol. The molecule has 1 aliphatic carbocycles. The van der Waals surface area contributed by atoms with Crippen LogP contribution in [0.4, 0.5) is 0 Å². The Hall–Kier alpha value is -1.09. The summed E-state index contributed by atoms with van der Waals surface area (Å²) in [5.74, 6) is 1.28. The van der Waals surface area contributed by atoms with E-state index in [2.05, 4.69) is 4.98 Å². The molecule has 0 radical (unpaired) electrons. The van der Waals surface area contributed by atoms with E-state index in [0.717, 1.165) is 5.56 Å². The smallest absolute Gasteiger partial charge is 0.212 e. The first-order valence-corrected chi connectivity index (χ1v) is 6.07. The van der Waals surface area contributed by atoms with E-state index in [4.69, 9.17) is 10.5 Å². The van der Waals surface area contributed by atoms with Crippen LogP contribution in [0.2, 0.25) is 0 Å². The summed E-state index contributed by atoms with van der Waals surface area (Å²) in [6, 6.07) is 4.06. The number of rotatable bonds is 3. The number of nitrogens with zero attached hydrogens (tertiary/aromatic N) is 1. The molecular formula is C13H20N2O. The fraction of sp³-hybridized carbons (Fsp3) is 0.615. The Bertz CT molecular complexity index is 317. The van der Waals surface area contributed by atoms with E-state index in [-0.39, 0.29) is 6.04 Å². The number of nitrogens with two attached hydrogens (primary N) is 1. The fourth-order valence-corrected chi connectivity index (χ4v) is 2.48. The van der Waals surface area contributed by atoms with Gasteiger partial charge in [-0.05, 0) is 24.3 Å². The maximum atomic E-state index is 6.28. The van der Waals surface area contributed by atoms with Gasteiger partial charge in [0, 0.05) is 18.3 Å². The van der Waals surface area contributed by atoms with Gasteiger partial charge in [0.15, 0.2) is 0 Å². The number of aromatic nitrogens is 1. The maximum absolute atomic E-state index is 6.28. The zero-order valence-electron chi connectivity index (χ0n) is 9.86. The molecular weight excluding hydrogens is 200 g/mol. The SMILES string of the molecule is COc1ccc([C@@H](N)C2CCCCC2)cn1. The van der Waals surface area contributed by atoms with Crippen molar-refractivity contribution >= 4 is 0 Å². The summed E-state index contributed by atoms with van der Waals surface area (Å²) in [5, 5.41) is 0. The number of methoxy groups -OCH3 is 1. The second-order valence-corrected chi connectivity index (χ2v) is 4.56. The van der Waals surface area contributed by atoms with Gasteiger partial charge in [0.05, 0.1) is 7.11 Å². The molecule has 1 saturated carbocycles. The standard InChI is InChI=1S/C13H20N2O/c1-16-12-8-7-11(9-15-12)13(14)10-5-3-2-4-6-10/h7-10,13H,2-6,14H2,1H3/t13-/m0/s1. The molecule has 1 aliphatic rings. The Balaban J connectivity index is 2.04. The minimum atomic E-state index is 0.138. The molecule has 1 atom stereocenters. The summed E-state index contributed by atoms with van der Waals surface area (Å²) in [7, 11) is 1.63. The summed E-state index contributed by atoms with van der Waals surface area (Å²) in [4.78, 5) is 4.21. The predicted octanol–water partition coefficient (Wildman–Crippen LogP) is 2.67. The topological polar surface area (TPSA) is 48.1 Å². The lowest BCUT2D eigenvalue weighted by Gasteiger charge is -2.27. The van der Waals surface area contributed by atoms with Gasteiger partial charge < -0.3 is 10.5 Å². The molecule has 1 heterocycles. The molecule has 3 nitrogen and oxygen atoms in total. The van der Waals surface area contributed by atoms with E-state index in [0.29, 0.717) is 11.8 Å². The molecule has 2 N–H and O–H groups in total. The van der Waals surface area contributed by atoms with Crippen molar-refractivity contribution < 1.29 is 4.74 Å². The van der Waals surface area contributed by atoms with Crippen LogP contribution < -0.4 is 10.5 Å². The van der Waals surface area contributed by atoms with Gasteiger partial charge in [-0.25, -0.2) is 4.98 Å². The van der Waals surface area contributed by atoms with Crippen LogP contribution in [0.15, 0.2) is 18.3 Å². The summed E-state index contributed by atoms with van der Waals surface area (Å²) in [6.07, 6.45) is 8.37. The van der Waals surface area contributed by atoms with Gasteiger partial charge >= 0.3 is 0 Å². The molecule has 1 fully saturated rings. The average Bonchev–Trinajstić information content (AvgIpc) is 2.39. The Labute approximate surface area is 97.0 Å². The lowest BCUT2D eigenvalue weighted by molar-refractivity contribution is 0.307. The molecule has 1 aromatic heterocycles. The molecule has 88 valence electrons. The number of ether oxygens (including phenoxy) is 1. The minimum Gasteiger partial charge on any atom is -0.481 e. The Morgan fingerprint density at radius 3 is 2.62 bits per heavy atom. The van der Waals surface area contributed by atoms with E-state index in [9.17, 15) is 0 Å². The lowest BCUT2D eigenvalue weighted by atomic mass is 9.82. The fourth-order valence-electron chi connectivity index (χ4n) is 2.48. The molecule has 3 heteroatoms. The van der Waals surface area contributed by atoms with Gasteiger partial charge in [-0.1, -0.05) is 25.3 Å². The molecule has 2 rings (SSSR count). The molecule has 0 unspecified atom stereocenters. The Kier molecular flexibility index (Phi) is 3.78. The van der Waals surface area contributed by atoms with E-state index in [1.807, 2.05) is 18.3 Å². The zero-order valence-corrected chi connectivity index (χ0v) is 9.86. The van der Waals surface area contributed by atoms with Crippen LogP contribution in [0.5, 0.6) is 5.88 Å². The number of hydrogen-bond donors (Lipinski definition) is 1. The van der Waals surface area contributed by atoms with E-state index in [1.54, 1.807) is 7.11 Å². The van der Waals surface area contributed by atoms with Crippen LogP contribution in [0, 0.1) is 5.92 Å². The summed E-state index contributed by atoms with van der Waals surface area (Å²) < 4.78 is 5.04. The highest BCUT2D eigenvalue weighted by Crippen LogP contribution is 2.32. The third kappa shape index (κ3) is 2.53. The van der Waals surface area contributed by atoms with Gasteiger partial charge in [0.25, 0.3) is 0 Å². The normalized spacial score (nSPS) is 19.4. The molecule has 0 aliphatic heterocycles. The van der Waals surface area contributed by atoms with Crippen molar-refractivity contribution in [1.29, 1.82) is 0 Å². The second kappa shape index (κ2) is 5.30. The second-order valence-electron chi connectivity index (χ2n) is 4.56. The quantitative estimate of drug-likeness (QED) is 0.852. The molecule has 0 aromatic carbocycles. The van der Waals surface area contributed by atoms with E-state index in [1.165, 1.54) is 32.1 Å². The van der Waals surface area contributed by atoms with Gasteiger partial charge in [0.2, 0.25) is 5.88 Å². The Morgan fingerprint density at radius 2 is 2.06 bits per heavy atom. The summed E-state index contributed by atoms with van der Waals surface area (Å²) >= 11 is 0. The van der Waals surface area contributed by atoms with Gasteiger partial charge in [-0.3, -0.25) is 0 Å². The highest BCUT2D eigenvalue weighted by Gasteiger charge is 2.21. The molecule has 16 heavy (non-hydrogen) atoms. The van der Waals surface area contributed by atoms with Crippen molar-refractivity contribution in [3.63, 3.8) is 0 Å². The first-order valence-electron chi connectivity index (χ1n) is 6.07. The van der Waals surface area contributed by atoms with Crippen molar-refractivity contribution in [3.05, 3.63) is 23.9 Å². The van der Waals surface area contributed by atoms with Crippen LogP contribution in [0.3, 0.4) is 0 Å². The molecule has 1 aromatic rings. The van der Waals surface area contributed by atoms with Crippen molar-refractivity contribution in [1.82, 2.24) is 4.98 Å². The molecule has 0 amide bonds. The predicted molar refractivity (Wildman–Crippen MR) is 64.3 cm³/mol. The first-order chi connectivity index (χ1) is 7.81. The van der Waals surface area contributed by atoms with Gasteiger partial charge in [-0.15, -0.1) is 0 Å². The zero-order chi connectivity index (χ0) is 11.4. The number of hydrogen-bond acceptors (Lipinski definition) is 3. The minimum absolute atomic E-state index is 0.138. The van der Waals surface area contributed by atoms with Gasteiger partial charge in [0.1, 0.15) is 0 Å². The monoisotopic (exact) mass is 220 g/mol. The molecule has 0 spiro atoms. The molecule has 0 saturated heterocycles. The number of pyridine rings is 1. The van der Waals surface area contributed by atoms with Crippen LogP contribution >= 0.6 is 0 Å². The Morgan fingerprint density at radius 1 is 1.31 bits per heavy atom. The highest BCUT2D eigenvalue weighted by molar-refractivity contribution is 5.21. The summed E-state index contributed by atoms with van der Waals surface area (Å²) in [5.41, 5.74) is 7.41. The summed E-state index contributed by atoms with van der Waals surface area (Å²) in [6.45, 7) is 0. The van der Waals surface area contributed by atoms with Crippen LogP contribution in [-0.2, 0) is 0 Å². The lowest BCUT2D eigenvalue weighted by Crippen LogP contribution is -2.23. The highest BCUT2D eigenvalue weighted by atomic mass is 16.5. The maximum Gasteiger partial charge on any atom is 0.212 e. The molecule has 0 bridgehead atoms. The van der Waals surface area contributed by atoms with E-state index < -0.39 is 0 Å². The van der Waals surface area contributed by atoms with Crippen LogP contribution in [0.1, 0.15) is 43.7 Å². The largest absolute Gasteiger partial charge is 0.481 e. The van der Waals surface area contributed by atoms with Gasteiger partial charge in [-0.2, -0.15) is 0 Å². The van der Waals surface area contributed by atoms with E-state index >= 15 is 0 Å².